The predicted octanol–water partition coefficient (Wildman–Crippen LogP) is 2.58. The number of Topliss-reactive ketones (excluding diaryl/α,β-unsaturated/α-hetero) is 1. The molecule has 1 saturated carbocycles. The highest BCUT2D eigenvalue weighted by atomic mass is 16.5. The summed E-state index contributed by atoms with van der Waals surface area (Å²) in [5, 5.41) is 3.24. The molecule has 0 aromatic heterocycles. The fraction of sp³-hybridized carbons (Fsp3) is 0.562. The van der Waals surface area contributed by atoms with Gasteiger partial charge in [0.1, 0.15) is 17.6 Å². The van der Waals surface area contributed by atoms with Gasteiger partial charge in [0.25, 0.3) is 0 Å². The van der Waals surface area contributed by atoms with Crippen LogP contribution in [0.4, 0.5) is 0 Å². The van der Waals surface area contributed by atoms with Crippen LogP contribution in [0.3, 0.4) is 0 Å². The number of hydrogen-bond acceptors (Lipinski definition) is 3. The number of hydrogen-bond donors (Lipinski definition) is 1. The minimum Gasteiger partial charge on any atom is -0.490 e. The molecule has 0 heterocycles. The molecule has 0 spiro atoms. The van der Waals surface area contributed by atoms with Gasteiger partial charge in [-0.2, -0.15) is 0 Å². The van der Waals surface area contributed by atoms with Crippen molar-refractivity contribution in [2.24, 2.45) is 5.92 Å². The van der Waals surface area contributed by atoms with Gasteiger partial charge in [0.2, 0.25) is 0 Å². The maximum atomic E-state index is 11.7. The molecule has 19 heavy (non-hydrogen) atoms. The Labute approximate surface area is 115 Å². The van der Waals surface area contributed by atoms with E-state index in [-0.39, 0.29) is 11.7 Å². The minimum absolute atomic E-state index is 0.101. The van der Waals surface area contributed by atoms with Crippen LogP contribution in [0.25, 0.3) is 0 Å². The van der Waals surface area contributed by atoms with Gasteiger partial charge in [0, 0.05) is 18.4 Å². The zero-order valence-corrected chi connectivity index (χ0v) is 12.0. The molecule has 1 aromatic carbocycles. The van der Waals surface area contributed by atoms with E-state index in [0.29, 0.717) is 18.6 Å². The highest BCUT2D eigenvalue weighted by Crippen LogP contribution is 2.26. The van der Waals surface area contributed by atoms with Gasteiger partial charge in [-0.3, -0.25) is 4.79 Å². The summed E-state index contributed by atoms with van der Waals surface area (Å²) in [5.41, 5.74) is 1.06. The van der Waals surface area contributed by atoms with Crippen molar-refractivity contribution in [3.63, 3.8) is 0 Å². The third-order valence-electron chi connectivity index (χ3n) is 3.75. The highest BCUT2D eigenvalue weighted by Gasteiger charge is 2.29. The molecule has 1 aliphatic carbocycles. The third kappa shape index (κ3) is 3.80. The molecule has 0 bridgehead atoms. The molecule has 1 aromatic rings. The van der Waals surface area contributed by atoms with E-state index in [4.69, 9.17) is 4.74 Å². The van der Waals surface area contributed by atoms with Crippen LogP contribution in [0.15, 0.2) is 24.3 Å². The molecule has 104 valence electrons. The van der Waals surface area contributed by atoms with Crippen LogP contribution in [0, 0.1) is 5.92 Å². The molecular weight excluding hydrogens is 238 g/mol. The quantitative estimate of drug-likeness (QED) is 0.855. The molecule has 0 radical (unpaired) electrons. The van der Waals surface area contributed by atoms with E-state index in [1.54, 1.807) is 0 Å². The lowest BCUT2D eigenvalue weighted by Gasteiger charge is -2.35. The second kappa shape index (κ2) is 6.20. The summed E-state index contributed by atoms with van der Waals surface area (Å²) in [5.74, 6) is 1.29. The summed E-state index contributed by atoms with van der Waals surface area (Å²) in [7, 11) is 1.99. The van der Waals surface area contributed by atoms with Crippen LogP contribution >= 0.6 is 0 Å². The largest absolute Gasteiger partial charge is 0.490 e. The number of benzene rings is 1. The molecule has 0 atom stereocenters. The average molecular weight is 261 g/mol. The van der Waals surface area contributed by atoms with Crippen LogP contribution in [0.5, 0.6) is 5.75 Å². The third-order valence-corrected chi connectivity index (χ3v) is 3.75. The van der Waals surface area contributed by atoms with Crippen molar-refractivity contribution in [1.82, 2.24) is 5.32 Å². The zero-order valence-electron chi connectivity index (χ0n) is 12.0. The second-order valence-electron chi connectivity index (χ2n) is 5.64. The van der Waals surface area contributed by atoms with Crippen LogP contribution in [-0.4, -0.2) is 25.0 Å². The van der Waals surface area contributed by atoms with Crippen LogP contribution in [-0.2, 0) is 11.2 Å². The van der Waals surface area contributed by atoms with Crippen molar-refractivity contribution in [3.8, 4) is 5.75 Å². The van der Waals surface area contributed by atoms with E-state index in [2.05, 4.69) is 5.32 Å². The number of nitrogens with one attached hydrogen (secondary N) is 1. The lowest BCUT2D eigenvalue weighted by molar-refractivity contribution is -0.121. The Morgan fingerprint density at radius 3 is 2.47 bits per heavy atom. The first kappa shape index (κ1) is 14.1. The molecule has 2 rings (SSSR count). The van der Waals surface area contributed by atoms with Gasteiger partial charge >= 0.3 is 0 Å². The molecule has 3 nitrogen and oxygen atoms in total. The van der Waals surface area contributed by atoms with Gasteiger partial charge in [-0.05, 0) is 37.6 Å². The van der Waals surface area contributed by atoms with Crippen molar-refractivity contribution in [2.45, 2.75) is 45.3 Å². The Morgan fingerprint density at radius 2 is 1.95 bits per heavy atom. The van der Waals surface area contributed by atoms with E-state index >= 15 is 0 Å². The minimum atomic E-state index is 0.101. The number of rotatable bonds is 6. The van der Waals surface area contributed by atoms with Crippen LogP contribution < -0.4 is 10.1 Å². The molecule has 0 unspecified atom stereocenters. The molecule has 0 saturated heterocycles. The maximum absolute atomic E-state index is 11.7. The number of carbonyl (C=O) groups excluding carboxylic acids is 1. The average Bonchev–Trinajstić information content (AvgIpc) is 2.35. The Balaban J connectivity index is 1.83. The van der Waals surface area contributed by atoms with Gasteiger partial charge in [0.15, 0.2) is 0 Å². The summed E-state index contributed by atoms with van der Waals surface area (Å²) in [6, 6.07) is 8.52. The Kier molecular flexibility index (Phi) is 4.59. The van der Waals surface area contributed by atoms with Crippen molar-refractivity contribution in [3.05, 3.63) is 29.8 Å². The fourth-order valence-corrected chi connectivity index (χ4v) is 2.18. The summed E-state index contributed by atoms with van der Waals surface area (Å²) in [6.07, 6.45) is 3.00. The van der Waals surface area contributed by atoms with Crippen molar-refractivity contribution in [2.75, 3.05) is 7.05 Å². The molecular formula is C16H23NO2. The van der Waals surface area contributed by atoms with E-state index in [0.717, 1.165) is 24.2 Å². The van der Waals surface area contributed by atoms with Crippen LogP contribution in [0.2, 0.25) is 0 Å². The van der Waals surface area contributed by atoms with Gasteiger partial charge < -0.3 is 10.1 Å². The first-order chi connectivity index (χ1) is 9.08. The monoisotopic (exact) mass is 261 g/mol. The summed E-state index contributed by atoms with van der Waals surface area (Å²) in [6.45, 7) is 3.88. The summed E-state index contributed by atoms with van der Waals surface area (Å²) < 4.78 is 5.86. The smallest absolute Gasteiger partial charge is 0.139 e. The zero-order chi connectivity index (χ0) is 13.8. The number of ether oxygens (including phenoxy) is 1. The molecule has 0 aliphatic heterocycles. The summed E-state index contributed by atoms with van der Waals surface area (Å²) in [4.78, 5) is 11.7. The fourth-order valence-electron chi connectivity index (χ4n) is 2.18. The van der Waals surface area contributed by atoms with Gasteiger partial charge in [-0.1, -0.05) is 26.0 Å². The van der Waals surface area contributed by atoms with E-state index < -0.39 is 0 Å². The lowest BCUT2D eigenvalue weighted by Crippen LogP contribution is -2.45. The molecule has 1 N–H and O–H groups in total. The first-order valence-electron chi connectivity index (χ1n) is 7.04. The lowest BCUT2D eigenvalue weighted by atomic mass is 9.89. The van der Waals surface area contributed by atoms with E-state index in [1.807, 2.05) is 45.2 Å². The predicted molar refractivity (Wildman–Crippen MR) is 76.5 cm³/mol. The highest BCUT2D eigenvalue weighted by molar-refractivity contribution is 5.82. The topological polar surface area (TPSA) is 38.3 Å². The molecule has 1 aliphatic rings. The Bertz CT molecular complexity index is 419. The second-order valence-corrected chi connectivity index (χ2v) is 5.64. The van der Waals surface area contributed by atoms with Crippen LogP contribution in [0.1, 0.15) is 32.3 Å². The van der Waals surface area contributed by atoms with E-state index in [1.165, 1.54) is 0 Å². The van der Waals surface area contributed by atoms with Crippen molar-refractivity contribution in [1.29, 1.82) is 0 Å². The summed E-state index contributed by atoms with van der Waals surface area (Å²) >= 11 is 0. The molecule has 3 heteroatoms. The Hall–Kier alpha value is -1.35. The standard InChI is InChI=1S/C16H23NO2/c1-11(2)16(18)8-12-4-6-14(7-5-12)19-15-9-13(10-15)17-3/h4-7,11,13,15,17H,8-10H2,1-3H3/t13-,15+. The molecule has 1 fully saturated rings. The molecule has 0 amide bonds. The van der Waals surface area contributed by atoms with E-state index in [9.17, 15) is 4.79 Å². The Morgan fingerprint density at radius 1 is 1.32 bits per heavy atom. The maximum Gasteiger partial charge on any atom is 0.139 e. The van der Waals surface area contributed by atoms with Crippen molar-refractivity contribution < 1.29 is 9.53 Å². The number of carbonyl (C=O) groups is 1. The van der Waals surface area contributed by atoms with Gasteiger partial charge in [0.05, 0.1) is 0 Å². The number of ketones is 1. The van der Waals surface area contributed by atoms with Crippen molar-refractivity contribution >= 4 is 5.78 Å². The normalized spacial score (nSPS) is 22.1. The van der Waals surface area contributed by atoms with Gasteiger partial charge in [-0.15, -0.1) is 0 Å². The first-order valence-corrected chi connectivity index (χ1v) is 7.04. The SMILES string of the molecule is CN[C@H]1C[C@@H](Oc2ccc(CC(=O)C(C)C)cc2)C1. The van der Waals surface area contributed by atoms with Gasteiger partial charge in [-0.25, -0.2) is 0 Å².